The molecule has 1 aromatic rings. The molecule has 0 bridgehead atoms. The Bertz CT molecular complexity index is 353. The van der Waals surface area contributed by atoms with E-state index in [1.807, 2.05) is 0 Å². The molecule has 2 amide bonds. The summed E-state index contributed by atoms with van der Waals surface area (Å²) < 4.78 is 0. The van der Waals surface area contributed by atoms with E-state index >= 15 is 0 Å². The van der Waals surface area contributed by atoms with Crippen LogP contribution in [0, 0.1) is 0 Å². The number of carboxylic acid groups (broad SMARTS) is 1. The summed E-state index contributed by atoms with van der Waals surface area (Å²) in [6.45, 7) is 1.42. The molecule has 0 saturated carbocycles. The molecule has 15 heavy (non-hydrogen) atoms. The first kappa shape index (κ1) is 11.4. The lowest BCUT2D eigenvalue weighted by atomic mass is 10.3. The summed E-state index contributed by atoms with van der Waals surface area (Å²) in [6.07, 6.45) is 0. The van der Waals surface area contributed by atoms with Crippen molar-refractivity contribution < 1.29 is 14.7 Å². The monoisotopic (exact) mass is 230 g/mol. The second-order valence-corrected chi connectivity index (χ2v) is 3.63. The minimum atomic E-state index is -1.06. The fourth-order valence-electron chi connectivity index (χ4n) is 0.749. The fraction of sp³-hybridized carbons (Fsp3) is 0.429. The van der Waals surface area contributed by atoms with Gasteiger partial charge in [-0.15, -0.1) is 10.2 Å². The van der Waals surface area contributed by atoms with E-state index in [9.17, 15) is 9.59 Å². The number of nitrogens with one attached hydrogen (secondary N) is 1. The van der Waals surface area contributed by atoms with Crippen LogP contribution in [0.2, 0.25) is 0 Å². The van der Waals surface area contributed by atoms with Crippen molar-refractivity contribution in [2.75, 3.05) is 12.4 Å². The van der Waals surface area contributed by atoms with E-state index in [0.717, 1.165) is 16.2 Å². The Morgan fingerprint density at radius 2 is 2.33 bits per heavy atom. The molecule has 0 aliphatic rings. The Balaban J connectivity index is 2.57. The smallest absolute Gasteiger partial charge is 0.326 e. The molecular formula is C7H10N4O3S. The predicted octanol–water partition coefficient (Wildman–Crippen LogP) is 0.475. The molecule has 0 fully saturated rings. The summed E-state index contributed by atoms with van der Waals surface area (Å²) in [5.74, 6) is -1.06. The van der Waals surface area contributed by atoms with E-state index in [2.05, 4.69) is 15.5 Å². The number of carbonyl (C=O) groups is 2. The lowest BCUT2D eigenvalue weighted by Crippen LogP contribution is -2.42. The maximum absolute atomic E-state index is 11.4. The van der Waals surface area contributed by atoms with Crippen molar-refractivity contribution >= 4 is 28.5 Å². The Hall–Kier alpha value is -1.70. The van der Waals surface area contributed by atoms with E-state index in [0.29, 0.717) is 5.13 Å². The number of aromatic nitrogens is 2. The molecule has 0 aliphatic heterocycles. The molecule has 0 saturated heterocycles. The number of nitrogens with zero attached hydrogens (tertiary/aromatic N) is 3. The molecular weight excluding hydrogens is 220 g/mol. The zero-order chi connectivity index (χ0) is 11.4. The van der Waals surface area contributed by atoms with Crippen LogP contribution in [0.4, 0.5) is 9.93 Å². The van der Waals surface area contributed by atoms with Gasteiger partial charge in [-0.2, -0.15) is 0 Å². The van der Waals surface area contributed by atoms with Crippen LogP contribution in [0.1, 0.15) is 6.92 Å². The minimum Gasteiger partial charge on any atom is -0.480 e. The molecule has 82 valence electrons. The van der Waals surface area contributed by atoms with E-state index in [-0.39, 0.29) is 0 Å². The van der Waals surface area contributed by atoms with E-state index in [1.165, 1.54) is 19.5 Å². The van der Waals surface area contributed by atoms with Crippen molar-refractivity contribution in [2.45, 2.75) is 13.0 Å². The lowest BCUT2D eigenvalue weighted by Gasteiger charge is -2.20. The zero-order valence-corrected chi connectivity index (χ0v) is 8.98. The number of urea groups is 1. The molecule has 1 aromatic heterocycles. The van der Waals surface area contributed by atoms with Crippen molar-refractivity contribution in [3.63, 3.8) is 0 Å². The van der Waals surface area contributed by atoms with E-state index in [1.54, 1.807) is 0 Å². The molecule has 2 N–H and O–H groups in total. The van der Waals surface area contributed by atoms with Gasteiger partial charge < -0.3 is 10.0 Å². The first-order valence-electron chi connectivity index (χ1n) is 4.05. The SMILES string of the molecule is CC(C(=O)O)N(C)C(=O)Nc1nncs1. The Labute approximate surface area is 89.7 Å². The summed E-state index contributed by atoms with van der Waals surface area (Å²) in [4.78, 5) is 23.1. The molecule has 8 heteroatoms. The number of anilines is 1. The fourth-order valence-corrected chi connectivity index (χ4v) is 1.18. The van der Waals surface area contributed by atoms with Gasteiger partial charge in [0, 0.05) is 7.05 Å². The van der Waals surface area contributed by atoms with Crippen LogP contribution in [0.15, 0.2) is 5.51 Å². The number of aliphatic carboxylic acids is 1. The summed E-state index contributed by atoms with van der Waals surface area (Å²) in [5.41, 5.74) is 1.47. The van der Waals surface area contributed by atoms with Gasteiger partial charge >= 0.3 is 12.0 Å². The third-order valence-electron chi connectivity index (χ3n) is 1.83. The van der Waals surface area contributed by atoms with Crippen LogP contribution in [0.3, 0.4) is 0 Å². The Morgan fingerprint density at radius 3 is 2.80 bits per heavy atom. The van der Waals surface area contributed by atoms with Crippen LogP contribution in [0.5, 0.6) is 0 Å². The van der Waals surface area contributed by atoms with Crippen molar-refractivity contribution in [3.8, 4) is 0 Å². The maximum Gasteiger partial charge on any atom is 0.326 e. The van der Waals surface area contributed by atoms with E-state index in [4.69, 9.17) is 5.11 Å². The highest BCUT2D eigenvalue weighted by molar-refractivity contribution is 7.13. The van der Waals surface area contributed by atoms with Crippen molar-refractivity contribution in [1.29, 1.82) is 0 Å². The summed E-state index contributed by atoms with van der Waals surface area (Å²) in [7, 11) is 1.40. The standard InChI is InChI=1S/C7H10N4O3S/c1-4(5(12)13)11(2)7(14)9-6-10-8-3-15-6/h3-4H,1-2H3,(H,12,13)(H,9,10,14). The molecule has 1 atom stereocenters. The first-order chi connectivity index (χ1) is 7.02. The molecule has 0 spiro atoms. The lowest BCUT2D eigenvalue weighted by molar-refractivity contribution is -0.141. The Kier molecular flexibility index (Phi) is 3.56. The number of carbonyl (C=O) groups excluding carboxylic acids is 1. The third-order valence-corrected chi connectivity index (χ3v) is 2.44. The van der Waals surface area contributed by atoms with Crippen LogP contribution in [-0.2, 0) is 4.79 Å². The first-order valence-corrected chi connectivity index (χ1v) is 4.93. The second-order valence-electron chi connectivity index (χ2n) is 2.80. The quantitative estimate of drug-likeness (QED) is 0.787. The number of likely N-dealkylation sites (N-methyl/N-ethyl adjacent to an activating group) is 1. The van der Waals surface area contributed by atoms with Gasteiger partial charge in [0.2, 0.25) is 5.13 Å². The third kappa shape index (κ3) is 2.88. The van der Waals surface area contributed by atoms with Crippen LogP contribution in [-0.4, -0.2) is 45.3 Å². The normalized spacial score (nSPS) is 11.9. The average Bonchev–Trinajstić information content (AvgIpc) is 2.67. The number of hydrogen-bond donors (Lipinski definition) is 2. The highest BCUT2D eigenvalue weighted by Crippen LogP contribution is 2.09. The van der Waals surface area contributed by atoms with Gasteiger partial charge in [-0.25, -0.2) is 9.59 Å². The summed E-state index contributed by atoms with van der Waals surface area (Å²) in [6, 6.07) is -1.42. The highest BCUT2D eigenvalue weighted by Gasteiger charge is 2.21. The van der Waals surface area contributed by atoms with Gasteiger partial charge in [0.1, 0.15) is 11.6 Å². The minimum absolute atomic E-state index is 0.337. The van der Waals surface area contributed by atoms with Crippen LogP contribution < -0.4 is 5.32 Å². The van der Waals surface area contributed by atoms with Crippen LogP contribution >= 0.6 is 11.3 Å². The molecule has 1 rings (SSSR count). The van der Waals surface area contributed by atoms with Gasteiger partial charge in [0.05, 0.1) is 0 Å². The molecule has 1 heterocycles. The van der Waals surface area contributed by atoms with Gasteiger partial charge in [-0.1, -0.05) is 11.3 Å². The molecule has 0 radical (unpaired) electrons. The number of amides is 2. The van der Waals surface area contributed by atoms with Crippen molar-refractivity contribution in [3.05, 3.63) is 5.51 Å². The maximum atomic E-state index is 11.4. The Morgan fingerprint density at radius 1 is 1.67 bits per heavy atom. The highest BCUT2D eigenvalue weighted by atomic mass is 32.1. The summed E-state index contributed by atoms with van der Waals surface area (Å²) in [5, 5.41) is 18.6. The van der Waals surface area contributed by atoms with Crippen molar-refractivity contribution in [2.24, 2.45) is 0 Å². The van der Waals surface area contributed by atoms with Gasteiger partial charge in [-0.05, 0) is 6.92 Å². The van der Waals surface area contributed by atoms with Gasteiger partial charge in [0.25, 0.3) is 0 Å². The van der Waals surface area contributed by atoms with Gasteiger partial charge in [0.15, 0.2) is 0 Å². The predicted molar refractivity (Wildman–Crippen MR) is 53.8 cm³/mol. The number of carboxylic acids is 1. The summed E-state index contributed by atoms with van der Waals surface area (Å²) >= 11 is 1.16. The molecule has 1 unspecified atom stereocenters. The largest absolute Gasteiger partial charge is 0.480 e. The number of hydrogen-bond acceptors (Lipinski definition) is 5. The zero-order valence-electron chi connectivity index (χ0n) is 8.17. The van der Waals surface area contributed by atoms with Crippen LogP contribution in [0.25, 0.3) is 0 Å². The molecule has 7 nitrogen and oxygen atoms in total. The van der Waals surface area contributed by atoms with Crippen molar-refractivity contribution in [1.82, 2.24) is 15.1 Å². The number of rotatable bonds is 3. The average molecular weight is 230 g/mol. The van der Waals surface area contributed by atoms with Gasteiger partial charge in [-0.3, -0.25) is 5.32 Å². The van der Waals surface area contributed by atoms with E-state index < -0.39 is 18.0 Å². The molecule has 0 aliphatic carbocycles. The second kappa shape index (κ2) is 4.69. The molecule has 0 aromatic carbocycles. The topological polar surface area (TPSA) is 95.4 Å².